The number of pyridine rings is 2. The van der Waals surface area contributed by atoms with E-state index in [-0.39, 0.29) is 18.6 Å². The number of fused-ring (bicyclic) bond motifs is 1. The highest BCUT2D eigenvalue weighted by molar-refractivity contribution is 5.80. The van der Waals surface area contributed by atoms with Gasteiger partial charge in [-0.05, 0) is 50.2 Å². The van der Waals surface area contributed by atoms with Gasteiger partial charge in [0.05, 0.1) is 23.0 Å². The van der Waals surface area contributed by atoms with E-state index < -0.39 is 0 Å². The molecule has 0 bridgehead atoms. The Morgan fingerprint density at radius 2 is 1.92 bits per heavy atom. The van der Waals surface area contributed by atoms with Crippen molar-refractivity contribution in [3.63, 3.8) is 0 Å². The second kappa shape index (κ2) is 10.8. The quantitative estimate of drug-likeness (QED) is 0.404. The summed E-state index contributed by atoms with van der Waals surface area (Å²) in [5, 5.41) is 7.90. The van der Waals surface area contributed by atoms with E-state index in [9.17, 15) is 4.79 Å². The third-order valence-corrected chi connectivity index (χ3v) is 6.14. The number of nitrogens with one attached hydrogen (secondary N) is 1. The molecule has 1 amide bonds. The fourth-order valence-electron chi connectivity index (χ4n) is 4.15. The smallest absolute Gasteiger partial charge is 0.248 e. The maximum atomic E-state index is 12.3. The lowest BCUT2D eigenvalue weighted by atomic mass is 10.2. The molecule has 0 aliphatic carbocycles. The monoisotopic (exact) mass is 486 g/mol. The summed E-state index contributed by atoms with van der Waals surface area (Å²) in [6.07, 6.45) is 3.53. The highest BCUT2D eigenvalue weighted by Crippen LogP contribution is 2.26. The van der Waals surface area contributed by atoms with Gasteiger partial charge < -0.3 is 14.4 Å². The lowest BCUT2D eigenvalue weighted by molar-refractivity contribution is -0.139. The van der Waals surface area contributed by atoms with E-state index in [4.69, 9.17) is 14.5 Å². The van der Waals surface area contributed by atoms with Gasteiger partial charge in [0.25, 0.3) is 0 Å². The number of nitrogens with zero attached hydrogens (tertiary/aromatic N) is 5. The molecule has 186 valence electrons. The Hall–Kier alpha value is -3.82. The predicted molar refractivity (Wildman–Crippen MR) is 137 cm³/mol. The number of rotatable bonds is 8. The van der Waals surface area contributed by atoms with Gasteiger partial charge in [0, 0.05) is 62.1 Å². The minimum Gasteiger partial charge on any atom is -0.439 e. The number of carbonyl (C=O) groups is 1. The van der Waals surface area contributed by atoms with Crippen LogP contribution in [0.15, 0.2) is 60.9 Å². The van der Waals surface area contributed by atoms with Crippen LogP contribution in [0.25, 0.3) is 22.2 Å². The molecule has 36 heavy (non-hydrogen) atoms. The fourth-order valence-corrected chi connectivity index (χ4v) is 4.15. The average Bonchev–Trinajstić information content (AvgIpc) is 3.43. The number of carbonyl (C=O) groups excluding carboxylic acids is 1. The SMILES string of the molecule is CC(C)OCC(=O)N1CCN(Cc2ccc3cc(Oc4ccc(-c5ccn[nH]5)cn4)ccc3n2)CC1. The van der Waals surface area contributed by atoms with Crippen molar-refractivity contribution >= 4 is 16.8 Å². The van der Waals surface area contributed by atoms with Crippen molar-refractivity contribution in [1.82, 2.24) is 30.0 Å². The minimum atomic E-state index is 0.0630. The maximum absolute atomic E-state index is 12.3. The first kappa shape index (κ1) is 23.9. The molecule has 0 unspecified atom stereocenters. The van der Waals surface area contributed by atoms with Crippen LogP contribution in [0.2, 0.25) is 0 Å². The Kier molecular flexibility index (Phi) is 7.20. The number of piperazine rings is 1. The minimum absolute atomic E-state index is 0.0630. The first-order valence-corrected chi connectivity index (χ1v) is 12.2. The summed E-state index contributed by atoms with van der Waals surface area (Å²) in [5.74, 6) is 1.30. The number of benzene rings is 1. The molecule has 9 nitrogen and oxygen atoms in total. The van der Waals surface area contributed by atoms with Crippen LogP contribution in [0.3, 0.4) is 0 Å². The summed E-state index contributed by atoms with van der Waals surface area (Å²) in [7, 11) is 0. The molecule has 4 aromatic rings. The first-order valence-electron chi connectivity index (χ1n) is 12.2. The zero-order valence-corrected chi connectivity index (χ0v) is 20.6. The van der Waals surface area contributed by atoms with Crippen molar-refractivity contribution in [3.05, 3.63) is 66.6 Å². The molecule has 0 atom stereocenters. The molecule has 1 aliphatic heterocycles. The average molecular weight is 487 g/mol. The van der Waals surface area contributed by atoms with Gasteiger partial charge in [-0.2, -0.15) is 5.10 Å². The topological polar surface area (TPSA) is 96.5 Å². The van der Waals surface area contributed by atoms with Crippen LogP contribution >= 0.6 is 0 Å². The van der Waals surface area contributed by atoms with Crippen molar-refractivity contribution in [2.24, 2.45) is 0 Å². The molecular weight excluding hydrogens is 456 g/mol. The number of H-pyrrole nitrogens is 1. The van der Waals surface area contributed by atoms with E-state index in [0.717, 1.165) is 47.5 Å². The molecule has 5 rings (SSSR count). The summed E-state index contributed by atoms with van der Waals surface area (Å²) >= 11 is 0. The summed E-state index contributed by atoms with van der Waals surface area (Å²) in [6.45, 7) is 7.87. The Morgan fingerprint density at radius 1 is 1.06 bits per heavy atom. The van der Waals surface area contributed by atoms with E-state index >= 15 is 0 Å². The van der Waals surface area contributed by atoms with Gasteiger partial charge >= 0.3 is 0 Å². The lowest BCUT2D eigenvalue weighted by Gasteiger charge is -2.34. The zero-order chi connectivity index (χ0) is 24.9. The summed E-state index contributed by atoms with van der Waals surface area (Å²) < 4.78 is 11.4. The number of hydrogen-bond donors (Lipinski definition) is 1. The molecule has 0 spiro atoms. The van der Waals surface area contributed by atoms with Gasteiger partial charge in [0.1, 0.15) is 12.4 Å². The Labute approximate surface area is 210 Å². The third-order valence-electron chi connectivity index (χ3n) is 6.14. The van der Waals surface area contributed by atoms with Gasteiger partial charge in [-0.15, -0.1) is 0 Å². The molecule has 9 heteroatoms. The summed E-state index contributed by atoms with van der Waals surface area (Å²) in [4.78, 5) is 25.7. The van der Waals surface area contributed by atoms with Crippen LogP contribution in [0.5, 0.6) is 11.6 Å². The van der Waals surface area contributed by atoms with E-state index in [0.29, 0.717) is 24.7 Å². The molecule has 1 N–H and O–H groups in total. The number of aromatic nitrogens is 4. The molecule has 1 aliphatic rings. The Morgan fingerprint density at radius 3 is 2.64 bits per heavy atom. The van der Waals surface area contributed by atoms with Crippen molar-refractivity contribution in [3.8, 4) is 22.9 Å². The van der Waals surface area contributed by atoms with E-state index in [2.05, 4.69) is 32.2 Å². The molecular formula is C27H30N6O3. The van der Waals surface area contributed by atoms with E-state index in [1.54, 1.807) is 12.4 Å². The molecule has 1 aromatic carbocycles. The van der Waals surface area contributed by atoms with Gasteiger partial charge in [0.2, 0.25) is 11.8 Å². The number of ether oxygens (including phenoxy) is 2. The van der Waals surface area contributed by atoms with Crippen molar-refractivity contribution < 1.29 is 14.3 Å². The van der Waals surface area contributed by atoms with Crippen LogP contribution < -0.4 is 4.74 Å². The lowest BCUT2D eigenvalue weighted by Crippen LogP contribution is -2.49. The van der Waals surface area contributed by atoms with Gasteiger partial charge in [-0.25, -0.2) is 4.98 Å². The van der Waals surface area contributed by atoms with Crippen molar-refractivity contribution in [2.75, 3.05) is 32.8 Å². The third kappa shape index (κ3) is 5.87. The molecule has 0 saturated carbocycles. The fraction of sp³-hybridized carbons (Fsp3) is 0.333. The molecule has 1 saturated heterocycles. The second-order valence-electron chi connectivity index (χ2n) is 9.13. The normalized spacial score (nSPS) is 14.5. The largest absolute Gasteiger partial charge is 0.439 e. The van der Waals surface area contributed by atoms with Crippen LogP contribution in [-0.2, 0) is 16.1 Å². The van der Waals surface area contributed by atoms with Gasteiger partial charge in [-0.3, -0.25) is 19.8 Å². The van der Waals surface area contributed by atoms with E-state index in [1.165, 1.54) is 0 Å². The second-order valence-corrected chi connectivity index (χ2v) is 9.13. The number of amides is 1. The van der Waals surface area contributed by atoms with Gasteiger partial charge in [0.15, 0.2) is 0 Å². The highest BCUT2D eigenvalue weighted by atomic mass is 16.5. The van der Waals surface area contributed by atoms with Crippen LogP contribution in [0.1, 0.15) is 19.5 Å². The highest BCUT2D eigenvalue weighted by Gasteiger charge is 2.21. The first-order chi connectivity index (χ1) is 17.5. The summed E-state index contributed by atoms with van der Waals surface area (Å²) in [5.41, 5.74) is 3.79. The summed E-state index contributed by atoms with van der Waals surface area (Å²) in [6, 6.07) is 15.7. The maximum Gasteiger partial charge on any atom is 0.248 e. The van der Waals surface area contributed by atoms with Crippen molar-refractivity contribution in [2.45, 2.75) is 26.5 Å². The molecule has 0 radical (unpaired) electrons. The standard InChI is InChI=1S/C27H30N6O3/c1-19(2)35-18-27(34)33-13-11-32(12-14-33)17-22-5-3-20-15-23(6-7-24(20)30-22)36-26-8-4-21(16-28-26)25-9-10-29-31-25/h3-10,15-16,19H,11-14,17-18H2,1-2H3,(H,29,31). The number of aromatic amines is 1. The van der Waals surface area contributed by atoms with Crippen LogP contribution in [0, 0.1) is 0 Å². The molecule has 1 fully saturated rings. The Bertz CT molecular complexity index is 1300. The van der Waals surface area contributed by atoms with Crippen LogP contribution in [-0.4, -0.2) is 74.8 Å². The van der Waals surface area contributed by atoms with Crippen LogP contribution in [0.4, 0.5) is 0 Å². The number of hydrogen-bond acceptors (Lipinski definition) is 7. The Balaban J connectivity index is 1.17. The van der Waals surface area contributed by atoms with Gasteiger partial charge in [-0.1, -0.05) is 6.07 Å². The van der Waals surface area contributed by atoms with Crippen molar-refractivity contribution in [1.29, 1.82) is 0 Å². The van der Waals surface area contributed by atoms with E-state index in [1.807, 2.05) is 55.1 Å². The zero-order valence-electron chi connectivity index (χ0n) is 20.6. The molecule has 4 heterocycles. The molecule has 3 aromatic heterocycles. The predicted octanol–water partition coefficient (Wildman–Crippen LogP) is 3.88.